The SMILES string of the molecule is COC(=O)OCOc1c2n(ccc1=O)N([C@@H]1c3ccccc3SCc3c(F)cccc31)[C@@H]1COC3(CC3)CN1C2=O. The van der Waals surface area contributed by atoms with E-state index in [2.05, 4.69) is 4.74 Å². The number of ether oxygens (including phenoxy) is 4. The highest BCUT2D eigenvalue weighted by molar-refractivity contribution is 7.98. The van der Waals surface area contributed by atoms with Crippen molar-refractivity contribution in [2.45, 2.75) is 41.3 Å². The lowest BCUT2D eigenvalue weighted by atomic mass is 9.93. The van der Waals surface area contributed by atoms with Gasteiger partial charge in [-0.15, -0.1) is 11.8 Å². The Morgan fingerprint density at radius 3 is 2.73 bits per heavy atom. The lowest BCUT2D eigenvalue weighted by molar-refractivity contribution is -0.0792. The van der Waals surface area contributed by atoms with Crippen molar-refractivity contribution in [3.05, 3.63) is 93.2 Å². The zero-order valence-electron chi connectivity index (χ0n) is 22.1. The average Bonchev–Trinajstić information content (AvgIpc) is 3.76. The summed E-state index contributed by atoms with van der Waals surface area (Å²) in [6.45, 7) is -0.0532. The van der Waals surface area contributed by atoms with Crippen LogP contribution in [0.3, 0.4) is 0 Å². The van der Waals surface area contributed by atoms with Crippen molar-refractivity contribution in [3.63, 3.8) is 0 Å². The average molecular weight is 580 g/mol. The molecule has 2 fully saturated rings. The van der Waals surface area contributed by atoms with Crippen LogP contribution in [0.4, 0.5) is 9.18 Å². The molecule has 1 spiro atoms. The first-order chi connectivity index (χ1) is 19.9. The molecule has 0 bridgehead atoms. The second kappa shape index (κ2) is 9.81. The molecule has 1 aliphatic carbocycles. The van der Waals surface area contributed by atoms with Gasteiger partial charge < -0.3 is 23.8 Å². The van der Waals surface area contributed by atoms with E-state index in [1.807, 2.05) is 35.3 Å². The minimum absolute atomic E-state index is 0.00718. The topological polar surface area (TPSA) is 99.5 Å². The van der Waals surface area contributed by atoms with Crippen molar-refractivity contribution in [3.8, 4) is 5.75 Å². The van der Waals surface area contributed by atoms with E-state index in [0.717, 1.165) is 36.0 Å². The number of aromatic nitrogens is 1. The fourth-order valence-corrected chi connectivity index (χ4v) is 7.03. The Balaban J connectivity index is 1.44. The van der Waals surface area contributed by atoms with Gasteiger partial charge in [0, 0.05) is 28.5 Å². The zero-order chi connectivity index (χ0) is 28.3. The Bertz CT molecular complexity index is 1620. The molecule has 2 aromatic carbocycles. The number of pyridine rings is 1. The predicted octanol–water partition coefficient (Wildman–Crippen LogP) is 3.78. The van der Waals surface area contributed by atoms with Gasteiger partial charge in [0.25, 0.3) is 5.91 Å². The summed E-state index contributed by atoms with van der Waals surface area (Å²) in [4.78, 5) is 41.5. The standard InChI is InChI=1S/C29H26FN3O7S/c1-37-28(36)39-16-38-26-21(34)9-12-32-25(26)27(35)31-15-29(10-11-29)40-13-23(31)33(32)24-17-6-4-7-20(30)19(17)14-41-22-8-3-2-5-18(22)24/h2-9,12,23-24H,10-11,13-16H2,1H3/t23-,24+/m1/s1. The lowest BCUT2D eigenvalue weighted by Crippen LogP contribution is -2.68. The molecule has 1 aromatic heterocycles. The van der Waals surface area contributed by atoms with Crippen LogP contribution in [-0.2, 0) is 20.0 Å². The Morgan fingerprint density at radius 2 is 1.93 bits per heavy atom. The van der Waals surface area contributed by atoms with Crippen LogP contribution >= 0.6 is 11.8 Å². The quantitative estimate of drug-likeness (QED) is 0.338. The van der Waals surface area contributed by atoms with Gasteiger partial charge in [-0.3, -0.25) is 19.3 Å². The number of thioether (sulfide) groups is 1. The van der Waals surface area contributed by atoms with E-state index in [0.29, 0.717) is 17.9 Å². The highest BCUT2D eigenvalue weighted by Crippen LogP contribution is 2.48. The van der Waals surface area contributed by atoms with E-state index in [9.17, 15) is 14.4 Å². The summed E-state index contributed by atoms with van der Waals surface area (Å²) in [6.07, 6.45) is 1.65. The van der Waals surface area contributed by atoms with Gasteiger partial charge in [0.1, 0.15) is 12.0 Å². The fraction of sp³-hybridized carbons (Fsp3) is 0.345. The van der Waals surface area contributed by atoms with Gasteiger partial charge in [0.05, 0.1) is 31.9 Å². The minimum atomic E-state index is -0.988. The van der Waals surface area contributed by atoms with E-state index in [1.54, 1.807) is 27.4 Å². The largest absolute Gasteiger partial charge is 0.510 e. The summed E-state index contributed by atoms with van der Waals surface area (Å²) in [5, 5.41) is 1.97. The third-order valence-corrected chi connectivity index (χ3v) is 9.18. The molecule has 2 atom stereocenters. The first-order valence-electron chi connectivity index (χ1n) is 13.2. The molecule has 0 N–H and O–H groups in total. The van der Waals surface area contributed by atoms with Crippen molar-refractivity contribution < 1.29 is 32.9 Å². The van der Waals surface area contributed by atoms with Crippen molar-refractivity contribution in [2.24, 2.45) is 0 Å². The zero-order valence-corrected chi connectivity index (χ0v) is 22.9. The summed E-state index contributed by atoms with van der Waals surface area (Å²) in [5.41, 5.74) is 1.30. The molecule has 1 saturated carbocycles. The van der Waals surface area contributed by atoms with Gasteiger partial charge in [0.15, 0.2) is 5.69 Å². The smallest absolute Gasteiger partial charge is 0.451 e. The third kappa shape index (κ3) is 4.24. The molecule has 4 heterocycles. The number of rotatable bonds is 4. The van der Waals surface area contributed by atoms with Crippen LogP contribution in [0.2, 0.25) is 0 Å². The van der Waals surface area contributed by atoms with Gasteiger partial charge in [0.2, 0.25) is 18.0 Å². The Labute approximate surface area is 238 Å². The van der Waals surface area contributed by atoms with Crippen molar-refractivity contribution in [1.29, 1.82) is 0 Å². The highest BCUT2D eigenvalue weighted by atomic mass is 32.2. The van der Waals surface area contributed by atoms with Crippen molar-refractivity contribution in [1.82, 2.24) is 9.58 Å². The molecule has 0 unspecified atom stereocenters. The maximum absolute atomic E-state index is 15.3. The maximum Gasteiger partial charge on any atom is 0.510 e. The van der Waals surface area contributed by atoms with Crippen LogP contribution in [0.5, 0.6) is 5.75 Å². The van der Waals surface area contributed by atoms with E-state index in [-0.39, 0.29) is 23.9 Å². The Hall–Kier alpha value is -4.03. The Morgan fingerprint density at radius 1 is 1.12 bits per heavy atom. The first-order valence-corrected chi connectivity index (χ1v) is 14.2. The summed E-state index contributed by atoms with van der Waals surface area (Å²) in [5.74, 6) is -0.523. The van der Waals surface area contributed by atoms with E-state index < -0.39 is 42.1 Å². The second-order valence-corrected chi connectivity index (χ2v) is 11.4. The van der Waals surface area contributed by atoms with Crippen molar-refractivity contribution >= 4 is 23.8 Å². The second-order valence-electron chi connectivity index (χ2n) is 10.4. The molecule has 41 heavy (non-hydrogen) atoms. The number of hydrogen-bond donors (Lipinski definition) is 0. The molecule has 7 rings (SSSR count). The molecule has 3 aromatic rings. The minimum Gasteiger partial charge on any atom is -0.451 e. The first kappa shape index (κ1) is 25.9. The van der Waals surface area contributed by atoms with E-state index in [4.69, 9.17) is 14.2 Å². The van der Waals surface area contributed by atoms with Crippen LogP contribution in [-0.4, -0.2) is 60.5 Å². The van der Waals surface area contributed by atoms with Crippen LogP contribution in [0.15, 0.2) is 64.4 Å². The molecule has 1 amide bonds. The molecular formula is C29H26FN3O7S. The van der Waals surface area contributed by atoms with Gasteiger partial charge in [-0.2, -0.15) is 0 Å². The molecule has 1 saturated heterocycles. The predicted molar refractivity (Wildman–Crippen MR) is 145 cm³/mol. The molecule has 3 aliphatic heterocycles. The van der Waals surface area contributed by atoms with E-state index in [1.165, 1.54) is 18.3 Å². The Kier molecular flexibility index (Phi) is 6.20. The summed E-state index contributed by atoms with van der Waals surface area (Å²) < 4.78 is 38.2. The van der Waals surface area contributed by atoms with Crippen LogP contribution in [0.1, 0.15) is 46.1 Å². The van der Waals surface area contributed by atoms with Crippen LogP contribution in [0, 0.1) is 5.82 Å². The number of fused-ring (bicyclic) bond motifs is 4. The van der Waals surface area contributed by atoms with Gasteiger partial charge in [-0.05, 0) is 36.1 Å². The number of methoxy groups -OCH3 is 1. The van der Waals surface area contributed by atoms with E-state index >= 15 is 4.39 Å². The van der Waals surface area contributed by atoms with Gasteiger partial charge in [-0.1, -0.05) is 30.3 Å². The van der Waals surface area contributed by atoms with Crippen LogP contribution in [0.25, 0.3) is 0 Å². The number of benzene rings is 2. The molecule has 212 valence electrons. The molecule has 0 radical (unpaired) electrons. The summed E-state index contributed by atoms with van der Waals surface area (Å²) >= 11 is 1.55. The summed E-state index contributed by atoms with van der Waals surface area (Å²) in [6, 6.07) is 13.7. The molecule has 12 heteroatoms. The number of amides is 1. The number of morpholine rings is 1. The highest BCUT2D eigenvalue weighted by Gasteiger charge is 2.56. The monoisotopic (exact) mass is 579 g/mol. The number of halogens is 1. The molecular weight excluding hydrogens is 553 g/mol. The lowest BCUT2D eigenvalue weighted by Gasteiger charge is -2.53. The maximum atomic E-state index is 15.3. The van der Waals surface area contributed by atoms with Crippen molar-refractivity contribution in [2.75, 3.05) is 32.1 Å². The normalized spacial score (nSPS) is 21.7. The van der Waals surface area contributed by atoms with Gasteiger partial charge in [-0.25, -0.2) is 9.18 Å². The molecule has 10 nitrogen and oxygen atoms in total. The number of nitrogens with zero attached hydrogens (tertiary/aromatic N) is 3. The third-order valence-electron chi connectivity index (χ3n) is 8.06. The van der Waals surface area contributed by atoms with Gasteiger partial charge >= 0.3 is 6.16 Å². The van der Waals surface area contributed by atoms with Crippen LogP contribution < -0.4 is 15.2 Å². The number of carbonyl (C=O) groups is 2. The number of carbonyl (C=O) groups excluding carboxylic acids is 2. The fourth-order valence-electron chi connectivity index (χ4n) is 5.90. The summed E-state index contributed by atoms with van der Waals surface area (Å²) in [7, 11) is 1.15. The molecule has 4 aliphatic rings. The number of hydrogen-bond acceptors (Lipinski definition) is 9.